The molecule has 3 N–H and O–H groups in total. The van der Waals surface area contributed by atoms with E-state index in [1.54, 1.807) is 4.57 Å². The van der Waals surface area contributed by atoms with E-state index in [1.165, 1.54) is 12.7 Å². The SMILES string of the molecule is CS(=O)(=O)OC1CO[C@@H](Cn2cnc3c(N)ncnc32)C1O. The molecule has 0 saturated carbocycles. The summed E-state index contributed by atoms with van der Waals surface area (Å²) in [4.78, 5) is 12.0. The summed E-state index contributed by atoms with van der Waals surface area (Å²) in [5.41, 5.74) is 6.67. The Morgan fingerprint density at radius 2 is 2.27 bits per heavy atom. The highest BCUT2D eigenvalue weighted by Gasteiger charge is 2.39. The van der Waals surface area contributed by atoms with Crippen molar-refractivity contribution in [3.05, 3.63) is 12.7 Å². The molecule has 0 bridgehead atoms. The Kier molecular flexibility index (Phi) is 3.72. The maximum Gasteiger partial charge on any atom is 0.264 e. The van der Waals surface area contributed by atoms with Gasteiger partial charge in [-0.2, -0.15) is 8.42 Å². The minimum atomic E-state index is -3.66. The molecule has 0 spiro atoms. The van der Waals surface area contributed by atoms with Gasteiger partial charge in [-0.1, -0.05) is 0 Å². The van der Waals surface area contributed by atoms with Gasteiger partial charge in [-0.15, -0.1) is 0 Å². The maximum atomic E-state index is 11.1. The van der Waals surface area contributed by atoms with Gasteiger partial charge >= 0.3 is 0 Å². The van der Waals surface area contributed by atoms with Crippen molar-refractivity contribution in [3.8, 4) is 0 Å². The summed E-state index contributed by atoms with van der Waals surface area (Å²) in [5, 5.41) is 10.1. The lowest BCUT2D eigenvalue weighted by Crippen LogP contribution is -2.35. The summed E-state index contributed by atoms with van der Waals surface area (Å²) in [5.74, 6) is 0.259. The standard InChI is InChI=1S/C11H15N5O5S/c1-22(18,19)21-7-3-20-6(9(7)17)2-16-5-15-8-10(12)13-4-14-11(8)16/h4-7,9,17H,2-3H2,1H3,(H2,12,13,14)/t6-,7?,9?/m0/s1. The Morgan fingerprint density at radius 1 is 1.50 bits per heavy atom. The molecule has 0 aromatic carbocycles. The van der Waals surface area contributed by atoms with Crippen molar-refractivity contribution < 1.29 is 22.4 Å². The fourth-order valence-corrected chi connectivity index (χ4v) is 2.97. The van der Waals surface area contributed by atoms with E-state index < -0.39 is 28.4 Å². The summed E-state index contributed by atoms with van der Waals surface area (Å²) < 4.78 is 34.1. The van der Waals surface area contributed by atoms with Crippen LogP contribution in [0.3, 0.4) is 0 Å². The first kappa shape index (κ1) is 15.1. The van der Waals surface area contributed by atoms with Crippen LogP contribution in [0.25, 0.3) is 11.2 Å². The van der Waals surface area contributed by atoms with Crippen LogP contribution in [0.5, 0.6) is 0 Å². The van der Waals surface area contributed by atoms with Crippen molar-refractivity contribution in [2.45, 2.75) is 24.9 Å². The van der Waals surface area contributed by atoms with Crippen LogP contribution >= 0.6 is 0 Å². The molecular weight excluding hydrogens is 314 g/mol. The van der Waals surface area contributed by atoms with Crippen molar-refractivity contribution in [1.82, 2.24) is 19.5 Å². The Labute approximate surface area is 126 Å². The lowest BCUT2D eigenvalue weighted by molar-refractivity contribution is 0.0212. The van der Waals surface area contributed by atoms with Crippen LogP contribution < -0.4 is 5.73 Å². The fourth-order valence-electron chi connectivity index (χ4n) is 2.35. The molecule has 2 aromatic rings. The Hall–Kier alpha value is -1.82. The molecule has 3 rings (SSSR count). The van der Waals surface area contributed by atoms with Crippen molar-refractivity contribution >= 4 is 27.1 Å². The van der Waals surface area contributed by atoms with Crippen LogP contribution in [0.1, 0.15) is 0 Å². The molecule has 120 valence electrons. The van der Waals surface area contributed by atoms with E-state index in [1.807, 2.05) is 0 Å². The number of hydrogen-bond acceptors (Lipinski definition) is 9. The smallest absolute Gasteiger partial charge is 0.264 e. The number of fused-ring (bicyclic) bond motifs is 1. The number of aromatic nitrogens is 4. The third kappa shape index (κ3) is 2.88. The first-order valence-electron chi connectivity index (χ1n) is 6.44. The number of nitrogen functional groups attached to an aromatic ring is 1. The van der Waals surface area contributed by atoms with Crippen molar-refractivity contribution in [2.75, 3.05) is 18.6 Å². The molecule has 11 heteroatoms. The second-order valence-electron chi connectivity index (χ2n) is 5.03. The second kappa shape index (κ2) is 5.43. The van der Waals surface area contributed by atoms with E-state index in [2.05, 4.69) is 15.0 Å². The third-order valence-corrected chi connectivity index (χ3v) is 3.94. The number of rotatable bonds is 4. The lowest BCUT2D eigenvalue weighted by atomic mass is 10.1. The van der Waals surface area contributed by atoms with Crippen molar-refractivity contribution in [2.24, 2.45) is 0 Å². The zero-order valence-electron chi connectivity index (χ0n) is 11.7. The van der Waals surface area contributed by atoms with Crippen LogP contribution in [0.2, 0.25) is 0 Å². The number of aliphatic hydroxyl groups is 1. The zero-order chi connectivity index (χ0) is 15.9. The van der Waals surface area contributed by atoms with Crippen LogP contribution in [0, 0.1) is 0 Å². The van der Waals surface area contributed by atoms with Crippen molar-refractivity contribution in [1.29, 1.82) is 0 Å². The van der Waals surface area contributed by atoms with Crippen LogP contribution in [-0.2, 0) is 25.6 Å². The minimum absolute atomic E-state index is 0.0113. The van der Waals surface area contributed by atoms with E-state index in [0.29, 0.717) is 11.2 Å². The molecule has 1 aliphatic heterocycles. The van der Waals surface area contributed by atoms with Gasteiger partial charge in [0.1, 0.15) is 30.2 Å². The predicted octanol–water partition coefficient (Wildman–Crippen LogP) is -1.49. The molecule has 3 heterocycles. The van der Waals surface area contributed by atoms with E-state index in [-0.39, 0.29) is 19.0 Å². The molecule has 1 saturated heterocycles. The van der Waals surface area contributed by atoms with Crippen molar-refractivity contribution in [3.63, 3.8) is 0 Å². The number of nitrogens with two attached hydrogens (primary N) is 1. The molecule has 10 nitrogen and oxygen atoms in total. The lowest BCUT2D eigenvalue weighted by Gasteiger charge is -2.17. The normalized spacial score (nSPS) is 25.8. The molecule has 2 aromatic heterocycles. The maximum absolute atomic E-state index is 11.1. The number of anilines is 1. The number of nitrogens with zero attached hydrogens (tertiary/aromatic N) is 4. The van der Waals surface area contributed by atoms with Crippen LogP contribution in [0.15, 0.2) is 12.7 Å². The first-order chi connectivity index (χ1) is 10.3. The summed E-state index contributed by atoms with van der Waals surface area (Å²) in [7, 11) is -3.66. The molecule has 2 unspecified atom stereocenters. The summed E-state index contributed by atoms with van der Waals surface area (Å²) in [6, 6.07) is 0. The van der Waals surface area contributed by atoms with Gasteiger partial charge in [0.05, 0.1) is 25.7 Å². The number of aliphatic hydroxyl groups excluding tert-OH is 1. The van der Waals surface area contributed by atoms with Gasteiger partial charge in [-0.3, -0.25) is 4.18 Å². The first-order valence-corrected chi connectivity index (χ1v) is 8.26. The van der Waals surface area contributed by atoms with Gasteiger partial charge in [-0.05, 0) is 0 Å². The van der Waals surface area contributed by atoms with Crippen LogP contribution in [-0.4, -0.2) is 64.2 Å². The molecule has 1 aliphatic rings. The summed E-state index contributed by atoms with van der Waals surface area (Å²) in [6.45, 7) is 0.223. The van der Waals surface area contributed by atoms with Gasteiger partial charge in [0.15, 0.2) is 11.5 Å². The average molecular weight is 329 g/mol. The van der Waals surface area contributed by atoms with E-state index >= 15 is 0 Å². The molecule has 22 heavy (non-hydrogen) atoms. The van der Waals surface area contributed by atoms with E-state index in [9.17, 15) is 13.5 Å². The fraction of sp³-hybridized carbons (Fsp3) is 0.545. The second-order valence-corrected chi connectivity index (χ2v) is 6.63. The molecule has 1 fully saturated rings. The summed E-state index contributed by atoms with van der Waals surface area (Å²) in [6.07, 6.45) is 1.12. The highest BCUT2D eigenvalue weighted by molar-refractivity contribution is 7.86. The summed E-state index contributed by atoms with van der Waals surface area (Å²) >= 11 is 0. The van der Waals surface area contributed by atoms with Gasteiger partial charge in [0.2, 0.25) is 0 Å². The average Bonchev–Trinajstić information content (AvgIpc) is 2.97. The molecule has 0 aliphatic carbocycles. The quantitative estimate of drug-likeness (QED) is 0.641. The highest BCUT2D eigenvalue weighted by Crippen LogP contribution is 2.22. The molecule has 3 atom stereocenters. The molecule has 0 amide bonds. The van der Waals surface area contributed by atoms with Crippen LogP contribution in [0.4, 0.5) is 5.82 Å². The van der Waals surface area contributed by atoms with Gasteiger partial charge in [0, 0.05) is 0 Å². The Balaban J connectivity index is 1.77. The van der Waals surface area contributed by atoms with Gasteiger partial charge < -0.3 is 20.1 Å². The molecule has 0 radical (unpaired) electrons. The monoisotopic (exact) mass is 329 g/mol. The molecular formula is C11H15N5O5S. The van der Waals surface area contributed by atoms with Gasteiger partial charge in [0.25, 0.3) is 10.1 Å². The number of hydrogen-bond donors (Lipinski definition) is 2. The third-order valence-electron chi connectivity index (χ3n) is 3.34. The largest absolute Gasteiger partial charge is 0.387 e. The Morgan fingerprint density at radius 3 is 3.00 bits per heavy atom. The zero-order valence-corrected chi connectivity index (χ0v) is 12.5. The van der Waals surface area contributed by atoms with E-state index in [4.69, 9.17) is 14.7 Å². The van der Waals surface area contributed by atoms with E-state index in [0.717, 1.165) is 6.26 Å². The number of ether oxygens (including phenoxy) is 1. The minimum Gasteiger partial charge on any atom is -0.387 e. The van der Waals surface area contributed by atoms with Gasteiger partial charge in [-0.25, -0.2) is 15.0 Å². The number of imidazole rings is 1. The Bertz CT molecular complexity index is 791. The highest BCUT2D eigenvalue weighted by atomic mass is 32.2. The predicted molar refractivity (Wildman–Crippen MR) is 75.2 cm³/mol. The topological polar surface area (TPSA) is 142 Å².